The Morgan fingerprint density at radius 3 is 2.31 bits per heavy atom. The molecule has 4 unspecified atom stereocenters. The smallest absolute Gasteiger partial charge is 0.403 e. The lowest BCUT2D eigenvalue weighted by Gasteiger charge is -2.70. The molecule has 29 heavy (non-hydrogen) atoms. The number of rotatable bonds is 5. The minimum absolute atomic E-state index is 0.0843. The van der Waals surface area contributed by atoms with E-state index in [1.54, 1.807) is 20.3 Å². The first-order valence-corrected chi connectivity index (χ1v) is 11.6. The van der Waals surface area contributed by atoms with Gasteiger partial charge in [0.05, 0.1) is 10.6 Å². The molecular weight excluding hydrogens is 423 g/mol. The molecule has 0 amide bonds. The maximum absolute atomic E-state index is 11.3. The molecule has 2 N–H and O–H groups in total. The first-order chi connectivity index (χ1) is 13.7. The summed E-state index contributed by atoms with van der Waals surface area (Å²) in [7, 11) is -1.44. The zero-order valence-corrected chi connectivity index (χ0v) is 17.8. The summed E-state index contributed by atoms with van der Waals surface area (Å²) in [6, 6.07) is 4.71. The van der Waals surface area contributed by atoms with Crippen LogP contribution in [-0.4, -0.2) is 35.2 Å². The van der Waals surface area contributed by atoms with Crippen molar-refractivity contribution in [2.24, 2.45) is 17.8 Å². The third-order valence-electron chi connectivity index (χ3n) is 7.41. The Kier molecular flexibility index (Phi) is 4.46. The molecule has 8 nitrogen and oxygen atoms in total. The minimum Gasteiger partial charge on any atom is -0.403 e. The largest absolute Gasteiger partial charge is 0.524 e. The van der Waals surface area contributed by atoms with Crippen molar-refractivity contribution >= 4 is 19.4 Å². The molecule has 0 radical (unpaired) electrons. The fourth-order valence-corrected chi connectivity index (χ4v) is 7.14. The van der Waals surface area contributed by atoms with Gasteiger partial charge in [0, 0.05) is 31.6 Å². The van der Waals surface area contributed by atoms with E-state index in [0.717, 1.165) is 32.1 Å². The van der Waals surface area contributed by atoms with Crippen LogP contribution in [0.25, 0.3) is 0 Å². The second-order valence-corrected chi connectivity index (χ2v) is 10.3. The van der Waals surface area contributed by atoms with Gasteiger partial charge in [-0.3, -0.25) is 9.79 Å². The fraction of sp³-hybridized carbons (Fsp3) is 0.684. The molecule has 1 aromatic rings. The van der Waals surface area contributed by atoms with Gasteiger partial charge in [0.2, 0.25) is 0 Å². The van der Waals surface area contributed by atoms with Crippen molar-refractivity contribution in [2.45, 2.75) is 49.1 Å². The summed E-state index contributed by atoms with van der Waals surface area (Å²) in [5.41, 5.74) is -0.249. The minimum atomic E-state index is -4.77. The molecule has 1 spiro atoms. The number of ether oxygens (including phenoxy) is 2. The van der Waals surface area contributed by atoms with Crippen LogP contribution < -0.4 is 4.52 Å². The van der Waals surface area contributed by atoms with E-state index in [1.165, 1.54) is 12.1 Å². The van der Waals surface area contributed by atoms with Crippen LogP contribution in [0.2, 0.25) is 5.02 Å². The van der Waals surface area contributed by atoms with E-state index < -0.39 is 19.2 Å². The molecule has 160 valence electrons. The SMILES string of the molecule is COC12CC3C[C@H](C1)C1(OOC1(OC)c1ccc(Cl)c(OP(=O)(O)O)c1)[C@@H](C3)C2. The molecule has 5 fully saturated rings. The van der Waals surface area contributed by atoms with Crippen LogP contribution >= 0.6 is 19.4 Å². The number of phosphoric acid groups is 1. The van der Waals surface area contributed by atoms with Crippen LogP contribution in [0.15, 0.2) is 18.2 Å². The highest BCUT2D eigenvalue weighted by Crippen LogP contribution is 2.70. The highest BCUT2D eigenvalue weighted by atomic mass is 35.5. The van der Waals surface area contributed by atoms with E-state index in [0.29, 0.717) is 11.5 Å². The molecule has 0 aromatic heterocycles. The molecular formula is C19H24ClO8P. The van der Waals surface area contributed by atoms with Crippen LogP contribution in [0, 0.1) is 17.8 Å². The average Bonchev–Trinajstić information content (AvgIpc) is 2.62. The van der Waals surface area contributed by atoms with Crippen LogP contribution in [0.1, 0.15) is 37.7 Å². The molecule has 10 heteroatoms. The predicted octanol–water partition coefficient (Wildman–Crippen LogP) is 3.54. The van der Waals surface area contributed by atoms with E-state index in [-0.39, 0.29) is 28.2 Å². The van der Waals surface area contributed by atoms with Gasteiger partial charge in [-0.1, -0.05) is 17.7 Å². The summed E-state index contributed by atoms with van der Waals surface area (Å²) in [5, 5.41) is 0.0843. The average molecular weight is 447 g/mol. The molecule has 4 aliphatic carbocycles. The van der Waals surface area contributed by atoms with E-state index >= 15 is 0 Å². The molecule has 4 saturated carbocycles. The second-order valence-electron chi connectivity index (χ2n) is 8.74. The summed E-state index contributed by atoms with van der Waals surface area (Å²) in [4.78, 5) is 30.0. The maximum atomic E-state index is 11.3. The van der Waals surface area contributed by atoms with Crippen molar-refractivity contribution in [3.63, 3.8) is 0 Å². The second kappa shape index (κ2) is 6.40. The van der Waals surface area contributed by atoms with Crippen LogP contribution in [0.5, 0.6) is 5.75 Å². The van der Waals surface area contributed by atoms with E-state index in [9.17, 15) is 14.4 Å². The quantitative estimate of drug-likeness (QED) is 0.523. The fourth-order valence-electron chi connectivity index (χ4n) is 6.52. The molecule has 4 bridgehead atoms. The van der Waals surface area contributed by atoms with Gasteiger partial charge < -0.3 is 14.0 Å². The topological polar surface area (TPSA) is 104 Å². The lowest BCUT2D eigenvalue weighted by molar-refractivity contribution is -0.647. The monoisotopic (exact) mass is 446 g/mol. The Labute approximate surface area is 173 Å². The summed E-state index contributed by atoms with van der Waals surface area (Å²) in [6.45, 7) is 0. The van der Waals surface area contributed by atoms with Crippen molar-refractivity contribution in [2.75, 3.05) is 14.2 Å². The number of benzene rings is 1. The van der Waals surface area contributed by atoms with Crippen LogP contribution in [0.3, 0.4) is 0 Å². The summed E-state index contributed by atoms with van der Waals surface area (Å²) in [5.74, 6) is -0.372. The molecule has 6 rings (SSSR count). The van der Waals surface area contributed by atoms with Crippen molar-refractivity contribution in [3.05, 3.63) is 28.8 Å². The third kappa shape index (κ3) is 2.71. The normalized spacial score (nSPS) is 42.9. The lowest BCUT2D eigenvalue weighted by Crippen LogP contribution is -2.78. The number of phosphoric ester groups is 1. The molecule has 1 aliphatic heterocycles. The van der Waals surface area contributed by atoms with Gasteiger partial charge in [-0.15, -0.1) is 0 Å². The van der Waals surface area contributed by atoms with Gasteiger partial charge in [-0.05, 0) is 50.2 Å². The molecule has 1 saturated heterocycles. The Hall–Kier alpha value is -0.700. The van der Waals surface area contributed by atoms with E-state index in [2.05, 4.69) is 0 Å². The Morgan fingerprint density at radius 1 is 1.10 bits per heavy atom. The number of hydrogen-bond donors (Lipinski definition) is 2. The maximum Gasteiger partial charge on any atom is 0.524 e. The van der Waals surface area contributed by atoms with Crippen LogP contribution in [0.4, 0.5) is 0 Å². The number of methoxy groups -OCH3 is 2. The van der Waals surface area contributed by atoms with E-state index in [1.807, 2.05) is 0 Å². The van der Waals surface area contributed by atoms with Gasteiger partial charge in [-0.25, -0.2) is 9.45 Å². The first kappa shape index (κ1) is 20.2. The van der Waals surface area contributed by atoms with Crippen molar-refractivity contribution in [3.8, 4) is 5.75 Å². The van der Waals surface area contributed by atoms with Crippen molar-refractivity contribution in [1.29, 1.82) is 0 Å². The van der Waals surface area contributed by atoms with E-state index in [4.69, 9.17) is 35.4 Å². The molecule has 5 aliphatic rings. The highest BCUT2D eigenvalue weighted by molar-refractivity contribution is 7.46. The lowest BCUT2D eigenvalue weighted by atomic mass is 9.45. The van der Waals surface area contributed by atoms with Gasteiger partial charge >= 0.3 is 7.82 Å². The van der Waals surface area contributed by atoms with Crippen molar-refractivity contribution < 1.29 is 38.1 Å². The Morgan fingerprint density at radius 2 is 1.79 bits per heavy atom. The number of hydrogen-bond acceptors (Lipinski definition) is 6. The van der Waals surface area contributed by atoms with Crippen molar-refractivity contribution in [1.82, 2.24) is 0 Å². The summed E-state index contributed by atoms with van der Waals surface area (Å²) >= 11 is 6.09. The third-order valence-corrected chi connectivity index (χ3v) is 8.15. The van der Waals surface area contributed by atoms with Crippen LogP contribution in [-0.2, 0) is 29.6 Å². The Balaban J connectivity index is 1.57. The summed E-state index contributed by atoms with van der Waals surface area (Å²) in [6.07, 6.45) is 4.83. The zero-order valence-electron chi connectivity index (χ0n) is 16.2. The summed E-state index contributed by atoms with van der Waals surface area (Å²) < 4.78 is 28.0. The van der Waals surface area contributed by atoms with Gasteiger partial charge in [0.1, 0.15) is 0 Å². The highest BCUT2D eigenvalue weighted by Gasteiger charge is 2.78. The van der Waals surface area contributed by atoms with Gasteiger partial charge in [-0.2, -0.15) is 4.89 Å². The van der Waals surface area contributed by atoms with Gasteiger partial charge in [0.15, 0.2) is 11.4 Å². The Bertz CT molecular complexity index is 867. The molecule has 6 atom stereocenters. The molecule has 1 heterocycles. The molecule has 1 aromatic carbocycles. The standard InChI is InChI=1S/C19H24ClO8P/c1-24-17-8-11-5-13(9-17)18(14(6-11)10-17)19(25-2,28-27-18)12-3-4-15(20)16(7-12)26-29(21,22)23/h3-4,7,11,13-14H,5-6,8-10H2,1-2H3,(H2,21,22,23)/t11?,13-,14+,17?,18?,19?. The number of halogens is 1. The predicted molar refractivity (Wildman–Crippen MR) is 101 cm³/mol. The zero-order chi connectivity index (χ0) is 20.7. The van der Waals surface area contributed by atoms with Gasteiger partial charge in [0.25, 0.3) is 5.79 Å². The first-order valence-electron chi connectivity index (χ1n) is 9.69.